The van der Waals surface area contributed by atoms with Gasteiger partial charge in [0.2, 0.25) is 5.43 Å². The minimum absolute atomic E-state index is 0.180. The second-order valence-corrected chi connectivity index (χ2v) is 6.68. The van der Waals surface area contributed by atoms with Gasteiger partial charge in [0.25, 0.3) is 0 Å². The van der Waals surface area contributed by atoms with Crippen LogP contribution in [0.1, 0.15) is 24.4 Å². The fourth-order valence-electron chi connectivity index (χ4n) is 2.49. The zero-order valence-electron chi connectivity index (χ0n) is 14.0. The first kappa shape index (κ1) is 17.2. The van der Waals surface area contributed by atoms with Crippen molar-refractivity contribution in [3.8, 4) is 17.0 Å². The Balaban J connectivity index is 2.13. The second-order valence-electron chi connectivity index (χ2n) is 5.62. The molecule has 1 atom stereocenters. The first-order valence-corrected chi connectivity index (χ1v) is 8.67. The summed E-state index contributed by atoms with van der Waals surface area (Å²) in [4.78, 5) is 28.0. The number of hydrogen-bond donors (Lipinski definition) is 0. The van der Waals surface area contributed by atoms with E-state index in [0.29, 0.717) is 34.4 Å². The molecule has 0 aliphatic heterocycles. The average molecular weight is 358 g/mol. The quantitative estimate of drug-likeness (QED) is 0.695. The van der Waals surface area contributed by atoms with Gasteiger partial charge in [0.1, 0.15) is 23.7 Å². The van der Waals surface area contributed by atoms with Gasteiger partial charge in [0, 0.05) is 11.4 Å². The van der Waals surface area contributed by atoms with Gasteiger partial charge in [-0.1, -0.05) is 6.92 Å². The number of benzene rings is 1. The van der Waals surface area contributed by atoms with E-state index in [1.54, 1.807) is 12.1 Å². The number of aromatic nitrogens is 1. The van der Waals surface area contributed by atoms with Crippen LogP contribution in [0.25, 0.3) is 22.2 Å². The molecule has 7 heteroatoms. The summed E-state index contributed by atoms with van der Waals surface area (Å²) in [6.07, 6.45) is 0.841. The Morgan fingerprint density at radius 1 is 1.44 bits per heavy atom. The van der Waals surface area contributed by atoms with Crippen molar-refractivity contribution in [3.05, 3.63) is 44.6 Å². The minimum Gasteiger partial charge on any atom is -0.546 e. The summed E-state index contributed by atoms with van der Waals surface area (Å²) in [5, 5.41) is 14.0. The molecule has 0 saturated carbocycles. The van der Waals surface area contributed by atoms with Crippen LogP contribution >= 0.6 is 11.3 Å². The molecular formula is C18H16NO5S-. The standard InChI is InChI=1S/C18H17NO5S/c1-4-11-5-12-16(6-15(11)24-9(2)18(21)22)23-7-13(17(12)20)14-8-25-10(3)19-14/h5-9H,4H2,1-3H3,(H,21,22)/p-1/t9-/m1/s1. The van der Waals surface area contributed by atoms with Crippen molar-refractivity contribution >= 4 is 28.3 Å². The van der Waals surface area contributed by atoms with Crippen LogP contribution in [0.15, 0.2) is 33.0 Å². The summed E-state index contributed by atoms with van der Waals surface area (Å²) in [5.41, 5.74) is 1.86. The fraction of sp³-hybridized carbons (Fsp3) is 0.278. The zero-order valence-corrected chi connectivity index (χ0v) is 14.8. The summed E-state index contributed by atoms with van der Waals surface area (Å²) in [5.74, 6) is -0.940. The van der Waals surface area contributed by atoms with Crippen LogP contribution in [-0.4, -0.2) is 17.1 Å². The summed E-state index contributed by atoms with van der Waals surface area (Å²) < 4.78 is 11.0. The predicted octanol–water partition coefficient (Wildman–Crippen LogP) is 2.30. The van der Waals surface area contributed by atoms with Crippen LogP contribution in [0.2, 0.25) is 0 Å². The van der Waals surface area contributed by atoms with Crippen molar-refractivity contribution in [2.75, 3.05) is 0 Å². The van der Waals surface area contributed by atoms with Crippen molar-refractivity contribution < 1.29 is 19.1 Å². The van der Waals surface area contributed by atoms with Crippen molar-refractivity contribution in [1.29, 1.82) is 0 Å². The molecule has 0 fully saturated rings. The summed E-state index contributed by atoms with van der Waals surface area (Å²) in [6, 6.07) is 3.23. The second kappa shape index (κ2) is 6.68. The molecule has 0 aliphatic carbocycles. The Morgan fingerprint density at radius 3 is 2.80 bits per heavy atom. The van der Waals surface area contributed by atoms with E-state index in [1.807, 2.05) is 19.2 Å². The van der Waals surface area contributed by atoms with Gasteiger partial charge in [0.05, 0.1) is 27.6 Å². The van der Waals surface area contributed by atoms with Gasteiger partial charge >= 0.3 is 0 Å². The van der Waals surface area contributed by atoms with E-state index in [-0.39, 0.29) is 5.43 Å². The maximum atomic E-state index is 12.8. The number of nitrogens with zero attached hydrogens (tertiary/aromatic N) is 1. The van der Waals surface area contributed by atoms with Crippen molar-refractivity contribution in [1.82, 2.24) is 4.98 Å². The molecular weight excluding hydrogens is 342 g/mol. The third kappa shape index (κ3) is 3.28. The van der Waals surface area contributed by atoms with E-state index in [0.717, 1.165) is 10.6 Å². The number of rotatable bonds is 5. The summed E-state index contributed by atoms with van der Waals surface area (Å²) >= 11 is 1.46. The molecule has 0 spiro atoms. The Hall–Kier alpha value is -2.67. The van der Waals surface area contributed by atoms with Gasteiger partial charge in [-0.3, -0.25) is 4.79 Å². The Morgan fingerprint density at radius 2 is 2.20 bits per heavy atom. The molecule has 0 unspecified atom stereocenters. The van der Waals surface area contributed by atoms with Gasteiger partial charge in [-0.25, -0.2) is 4.98 Å². The number of thiazole rings is 1. The van der Waals surface area contributed by atoms with Crippen molar-refractivity contribution in [3.63, 3.8) is 0 Å². The van der Waals surface area contributed by atoms with E-state index >= 15 is 0 Å². The Kier molecular flexibility index (Phi) is 4.59. The van der Waals surface area contributed by atoms with Gasteiger partial charge in [-0.15, -0.1) is 11.3 Å². The lowest BCUT2D eigenvalue weighted by molar-refractivity contribution is -0.312. The lowest BCUT2D eigenvalue weighted by Gasteiger charge is -2.18. The average Bonchev–Trinajstić information content (AvgIpc) is 3.00. The molecule has 2 aromatic heterocycles. The number of ether oxygens (including phenoxy) is 1. The first-order chi connectivity index (χ1) is 11.9. The van der Waals surface area contributed by atoms with E-state index < -0.39 is 12.1 Å². The Labute approximate surface area is 147 Å². The van der Waals surface area contributed by atoms with Crippen LogP contribution in [0.3, 0.4) is 0 Å². The molecule has 0 radical (unpaired) electrons. The third-order valence-corrected chi connectivity index (χ3v) is 4.64. The largest absolute Gasteiger partial charge is 0.546 e. The fourth-order valence-corrected chi connectivity index (χ4v) is 3.10. The number of carbonyl (C=O) groups is 1. The lowest BCUT2D eigenvalue weighted by Crippen LogP contribution is -2.37. The van der Waals surface area contributed by atoms with Crippen molar-refractivity contribution in [2.45, 2.75) is 33.3 Å². The lowest BCUT2D eigenvalue weighted by atomic mass is 10.1. The highest BCUT2D eigenvalue weighted by Gasteiger charge is 2.16. The molecule has 0 aliphatic rings. The topological polar surface area (TPSA) is 92.5 Å². The molecule has 0 bridgehead atoms. The third-order valence-electron chi connectivity index (χ3n) is 3.87. The number of fused-ring (bicyclic) bond motifs is 1. The van der Waals surface area contributed by atoms with Gasteiger partial charge in [-0.2, -0.15) is 0 Å². The van der Waals surface area contributed by atoms with Gasteiger partial charge in [0.15, 0.2) is 0 Å². The first-order valence-electron chi connectivity index (χ1n) is 7.79. The zero-order chi connectivity index (χ0) is 18.1. The SMILES string of the molecule is CCc1cc2c(=O)c(-c3csc(C)n3)coc2cc1O[C@H](C)C(=O)[O-]. The maximum absolute atomic E-state index is 12.8. The van der Waals surface area contributed by atoms with Gasteiger partial charge in [-0.05, 0) is 31.9 Å². The van der Waals surface area contributed by atoms with E-state index in [4.69, 9.17) is 9.15 Å². The smallest absolute Gasteiger partial charge is 0.202 e. The predicted molar refractivity (Wildman–Crippen MR) is 92.8 cm³/mol. The molecule has 130 valence electrons. The number of carbonyl (C=O) groups excluding carboxylic acids is 1. The molecule has 25 heavy (non-hydrogen) atoms. The number of hydrogen-bond acceptors (Lipinski definition) is 7. The Bertz CT molecular complexity index is 1000. The highest BCUT2D eigenvalue weighted by molar-refractivity contribution is 7.09. The molecule has 3 rings (SSSR count). The number of aliphatic carboxylic acids is 1. The molecule has 3 aromatic rings. The molecule has 0 amide bonds. The molecule has 1 aromatic carbocycles. The molecule has 0 N–H and O–H groups in total. The summed E-state index contributed by atoms with van der Waals surface area (Å²) in [7, 11) is 0. The molecule has 6 nitrogen and oxygen atoms in total. The minimum atomic E-state index is -1.31. The highest BCUT2D eigenvalue weighted by Crippen LogP contribution is 2.28. The monoisotopic (exact) mass is 358 g/mol. The number of carboxylic acid groups (broad SMARTS) is 1. The van der Waals surface area contributed by atoms with Crippen LogP contribution in [0.5, 0.6) is 5.75 Å². The van der Waals surface area contributed by atoms with Crippen LogP contribution in [-0.2, 0) is 11.2 Å². The van der Waals surface area contributed by atoms with Crippen molar-refractivity contribution in [2.24, 2.45) is 0 Å². The van der Waals surface area contributed by atoms with E-state index in [1.165, 1.54) is 24.5 Å². The summed E-state index contributed by atoms with van der Waals surface area (Å²) in [6.45, 7) is 5.16. The number of carboxylic acids is 1. The number of aryl methyl sites for hydroxylation is 2. The van der Waals surface area contributed by atoms with Gasteiger partial charge < -0.3 is 19.1 Å². The van der Waals surface area contributed by atoms with Crippen LogP contribution < -0.4 is 15.3 Å². The maximum Gasteiger partial charge on any atom is 0.202 e. The molecule has 2 heterocycles. The normalized spacial score (nSPS) is 12.3. The highest BCUT2D eigenvalue weighted by atomic mass is 32.1. The molecule has 0 saturated heterocycles. The van der Waals surface area contributed by atoms with Crippen LogP contribution in [0.4, 0.5) is 0 Å². The van der Waals surface area contributed by atoms with Crippen LogP contribution in [0, 0.1) is 6.92 Å². The van der Waals surface area contributed by atoms with E-state index in [2.05, 4.69) is 4.98 Å². The van der Waals surface area contributed by atoms with E-state index in [9.17, 15) is 14.7 Å².